The number of aryl methyl sites for hydroxylation is 1. The van der Waals surface area contributed by atoms with Crippen LogP contribution in [0, 0.1) is 17.0 Å². The van der Waals surface area contributed by atoms with Gasteiger partial charge in [-0.1, -0.05) is 36.4 Å². The minimum Gasteiger partial charge on any atom is -0.335 e. The molecule has 0 radical (unpaired) electrons. The second-order valence-corrected chi connectivity index (χ2v) is 9.95. The first-order valence-electron chi connectivity index (χ1n) is 12.1. The van der Waals surface area contributed by atoms with Gasteiger partial charge in [-0.2, -0.15) is 0 Å². The molecule has 0 unspecified atom stereocenters. The largest absolute Gasteiger partial charge is 0.335 e. The van der Waals surface area contributed by atoms with Crippen molar-refractivity contribution in [3.63, 3.8) is 0 Å². The molecule has 1 amide bonds. The highest BCUT2D eigenvalue weighted by molar-refractivity contribution is 6.07. The highest BCUT2D eigenvalue weighted by Crippen LogP contribution is 2.34. The Balaban J connectivity index is 1.80. The number of nitrogens with one attached hydrogen (secondary N) is 1. The van der Waals surface area contributed by atoms with Crippen LogP contribution in [0.2, 0.25) is 0 Å². The summed E-state index contributed by atoms with van der Waals surface area (Å²) < 4.78 is 1.41. The molecular weight excluding hydrogens is 482 g/mol. The van der Waals surface area contributed by atoms with E-state index in [9.17, 15) is 19.7 Å². The summed E-state index contributed by atoms with van der Waals surface area (Å²) in [6, 6.07) is 20.6. The van der Waals surface area contributed by atoms with Crippen molar-refractivity contribution >= 4 is 28.8 Å². The average Bonchev–Trinajstić information content (AvgIpc) is 2.87. The SMILES string of the molecule is Cc1c(-c2cn(C)c(=O)c(Nc3cccc([N+](=O)[O-])c3)n2)cccc1N(C(=O)c1ccccc1)C(C)(C)C. The molecule has 0 aliphatic rings. The van der Waals surface area contributed by atoms with Crippen molar-refractivity contribution in [1.82, 2.24) is 9.55 Å². The predicted molar refractivity (Wildman–Crippen MR) is 149 cm³/mol. The predicted octanol–water partition coefficient (Wildman–Crippen LogP) is 5.85. The topological polar surface area (TPSA) is 110 Å². The number of nitro benzene ring substituents is 1. The number of rotatable bonds is 6. The summed E-state index contributed by atoms with van der Waals surface area (Å²) in [7, 11) is 1.62. The van der Waals surface area contributed by atoms with Gasteiger partial charge in [-0.3, -0.25) is 19.7 Å². The van der Waals surface area contributed by atoms with Gasteiger partial charge in [0.2, 0.25) is 0 Å². The van der Waals surface area contributed by atoms with Crippen LogP contribution >= 0.6 is 0 Å². The van der Waals surface area contributed by atoms with E-state index in [0.29, 0.717) is 16.9 Å². The summed E-state index contributed by atoms with van der Waals surface area (Å²) in [6.07, 6.45) is 1.63. The maximum Gasteiger partial charge on any atom is 0.293 e. The number of carbonyl (C=O) groups excluding carboxylic acids is 1. The summed E-state index contributed by atoms with van der Waals surface area (Å²) >= 11 is 0. The van der Waals surface area contributed by atoms with Crippen molar-refractivity contribution in [2.75, 3.05) is 10.2 Å². The highest BCUT2D eigenvalue weighted by atomic mass is 16.6. The van der Waals surface area contributed by atoms with Crippen LogP contribution in [0.5, 0.6) is 0 Å². The van der Waals surface area contributed by atoms with Crippen molar-refractivity contribution in [3.05, 3.63) is 111 Å². The van der Waals surface area contributed by atoms with Crippen molar-refractivity contribution in [1.29, 1.82) is 0 Å². The number of benzene rings is 3. The molecule has 0 bridgehead atoms. The molecule has 9 nitrogen and oxygen atoms in total. The van der Waals surface area contributed by atoms with Gasteiger partial charge in [0.25, 0.3) is 17.2 Å². The monoisotopic (exact) mass is 511 g/mol. The van der Waals surface area contributed by atoms with Crippen LogP contribution in [0.25, 0.3) is 11.3 Å². The lowest BCUT2D eigenvalue weighted by Gasteiger charge is -2.37. The van der Waals surface area contributed by atoms with Gasteiger partial charge >= 0.3 is 0 Å². The third-order valence-electron chi connectivity index (χ3n) is 6.11. The van der Waals surface area contributed by atoms with Crippen molar-refractivity contribution < 1.29 is 9.72 Å². The Labute approximate surface area is 220 Å². The Morgan fingerprint density at radius 1 is 1.03 bits per heavy atom. The molecule has 0 saturated heterocycles. The van der Waals surface area contributed by atoms with Gasteiger partial charge < -0.3 is 14.8 Å². The third-order valence-corrected chi connectivity index (χ3v) is 6.11. The van der Waals surface area contributed by atoms with Gasteiger partial charge in [0.15, 0.2) is 5.82 Å². The van der Waals surface area contributed by atoms with Gasteiger partial charge in [-0.15, -0.1) is 0 Å². The fourth-order valence-electron chi connectivity index (χ4n) is 4.28. The van der Waals surface area contributed by atoms with Gasteiger partial charge in [0.05, 0.1) is 10.6 Å². The Kier molecular flexibility index (Phi) is 7.12. The van der Waals surface area contributed by atoms with Gasteiger partial charge in [-0.25, -0.2) is 4.98 Å². The molecule has 3 aromatic carbocycles. The van der Waals surface area contributed by atoms with Crippen molar-refractivity contribution in [3.8, 4) is 11.3 Å². The first-order chi connectivity index (χ1) is 18.0. The Morgan fingerprint density at radius 3 is 2.37 bits per heavy atom. The Bertz CT molecular complexity index is 1570. The van der Waals surface area contributed by atoms with Crippen LogP contribution in [0.15, 0.2) is 83.8 Å². The van der Waals surface area contributed by atoms with E-state index in [4.69, 9.17) is 0 Å². The van der Waals surface area contributed by atoms with E-state index in [1.54, 1.807) is 36.3 Å². The van der Waals surface area contributed by atoms with E-state index in [1.165, 1.54) is 22.8 Å². The lowest BCUT2D eigenvalue weighted by molar-refractivity contribution is -0.384. The quantitative estimate of drug-likeness (QED) is 0.257. The fourth-order valence-corrected chi connectivity index (χ4v) is 4.28. The van der Waals surface area contributed by atoms with Crippen LogP contribution < -0.4 is 15.8 Å². The molecular formula is C29H29N5O4. The number of hydrogen-bond acceptors (Lipinski definition) is 6. The molecule has 0 aliphatic carbocycles. The zero-order valence-corrected chi connectivity index (χ0v) is 21.9. The number of non-ortho nitro benzene ring substituents is 1. The zero-order valence-electron chi connectivity index (χ0n) is 21.9. The van der Waals surface area contributed by atoms with E-state index < -0.39 is 10.5 Å². The Hall–Kier alpha value is -4.79. The smallest absolute Gasteiger partial charge is 0.293 e. The molecule has 0 aliphatic heterocycles. The number of hydrogen-bond donors (Lipinski definition) is 1. The van der Waals surface area contributed by atoms with Gasteiger partial charge in [0.1, 0.15) is 0 Å². The molecule has 0 saturated carbocycles. The number of carbonyl (C=O) groups is 1. The van der Waals surface area contributed by atoms with E-state index in [1.807, 2.05) is 64.1 Å². The minimum absolute atomic E-state index is 0.0309. The van der Waals surface area contributed by atoms with Crippen molar-refractivity contribution in [2.45, 2.75) is 33.2 Å². The molecule has 38 heavy (non-hydrogen) atoms. The number of amides is 1. The lowest BCUT2D eigenvalue weighted by Crippen LogP contribution is -2.46. The Morgan fingerprint density at radius 2 is 1.71 bits per heavy atom. The highest BCUT2D eigenvalue weighted by Gasteiger charge is 2.30. The van der Waals surface area contributed by atoms with E-state index in [0.717, 1.165) is 16.8 Å². The first kappa shape index (κ1) is 26.3. The molecule has 0 atom stereocenters. The molecule has 1 heterocycles. The first-order valence-corrected chi connectivity index (χ1v) is 12.1. The summed E-state index contributed by atoms with van der Waals surface area (Å²) in [4.78, 5) is 43.5. The van der Waals surface area contributed by atoms with E-state index >= 15 is 0 Å². The van der Waals surface area contributed by atoms with Crippen LogP contribution in [0.4, 0.5) is 22.9 Å². The summed E-state index contributed by atoms with van der Waals surface area (Å²) in [5.41, 5.74) is 2.75. The van der Waals surface area contributed by atoms with Crippen LogP contribution in [-0.4, -0.2) is 25.9 Å². The lowest BCUT2D eigenvalue weighted by atomic mass is 9.97. The zero-order chi connectivity index (χ0) is 27.6. The second kappa shape index (κ2) is 10.3. The van der Waals surface area contributed by atoms with Gasteiger partial charge in [-0.05, 0) is 57.5 Å². The normalized spacial score (nSPS) is 11.2. The van der Waals surface area contributed by atoms with E-state index in [-0.39, 0.29) is 23.0 Å². The summed E-state index contributed by atoms with van der Waals surface area (Å²) in [6.45, 7) is 7.85. The number of nitrogens with zero attached hydrogens (tertiary/aromatic N) is 4. The third kappa shape index (κ3) is 5.31. The fraction of sp³-hybridized carbons (Fsp3) is 0.207. The maximum absolute atomic E-state index is 13.6. The van der Waals surface area contributed by atoms with E-state index in [2.05, 4.69) is 10.3 Å². The standard InChI is InChI=1S/C29H29N5O4/c1-19-23(15-10-16-25(19)33(29(2,3)4)27(35)20-11-7-6-8-12-20)24-18-32(5)28(36)26(31-24)30-21-13-9-14-22(17-21)34(37)38/h6-18H,1-5H3,(H,30,31). The molecule has 194 valence electrons. The summed E-state index contributed by atoms with van der Waals surface area (Å²) in [5.74, 6) is -0.0943. The van der Waals surface area contributed by atoms with Crippen LogP contribution in [-0.2, 0) is 7.05 Å². The molecule has 1 aromatic heterocycles. The minimum atomic E-state index is -0.526. The molecule has 0 fully saturated rings. The maximum atomic E-state index is 13.6. The molecule has 9 heteroatoms. The van der Waals surface area contributed by atoms with Crippen LogP contribution in [0.3, 0.4) is 0 Å². The molecule has 1 N–H and O–H groups in total. The molecule has 4 aromatic rings. The number of nitro groups is 1. The molecule has 4 rings (SSSR count). The number of anilines is 3. The van der Waals surface area contributed by atoms with Crippen molar-refractivity contribution in [2.24, 2.45) is 7.05 Å². The number of aromatic nitrogens is 2. The second-order valence-electron chi connectivity index (χ2n) is 9.95. The van der Waals surface area contributed by atoms with Gasteiger partial charge in [0, 0.05) is 53.4 Å². The van der Waals surface area contributed by atoms with Crippen LogP contribution in [0.1, 0.15) is 36.7 Å². The molecule has 0 spiro atoms. The average molecular weight is 512 g/mol. The summed E-state index contributed by atoms with van der Waals surface area (Å²) in [5, 5.41) is 14.1.